The summed E-state index contributed by atoms with van der Waals surface area (Å²) in [6.07, 6.45) is 6.85. The van der Waals surface area contributed by atoms with Gasteiger partial charge in [-0.2, -0.15) is 5.10 Å². The van der Waals surface area contributed by atoms with Crippen molar-refractivity contribution in [1.82, 2.24) is 25.1 Å². The van der Waals surface area contributed by atoms with Crippen molar-refractivity contribution in [2.24, 2.45) is 17.8 Å². The highest BCUT2D eigenvalue weighted by Crippen LogP contribution is 2.46. The van der Waals surface area contributed by atoms with E-state index in [0.29, 0.717) is 17.2 Å². The van der Waals surface area contributed by atoms with E-state index in [1.54, 1.807) is 12.3 Å². The highest BCUT2D eigenvalue weighted by molar-refractivity contribution is 5.88. The zero-order chi connectivity index (χ0) is 20.0. The van der Waals surface area contributed by atoms with Gasteiger partial charge in [-0.1, -0.05) is 0 Å². The van der Waals surface area contributed by atoms with Crippen molar-refractivity contribution in [3.05, 3.63) is 30.3 Å². The Morgan fingerprint density at radius 1 is 1.24 bits per heavy atom. The monoisotopic (exact) mass is 396 g/mol. The van der Waals surface area contributed by atoms with Crippen LogP contribution in [-0.2, 0) is 9.53 Å². The zero-order valence-corrected chi connectivity index (χ0v) is 15.9. The second kappa shape index (κ2) is 7.06. The summed E-state index contributed by atoms with van der Waals surface area (Å²) in [4.78, 5) is 25.2. The largest absolute Gasteiger partial charge is 0.469 e. The Hall–Kier alpha value is -3.10. The molecule has 6 rings (SSSR count). The Bertz CT molecular complexity index is 1060. The first-order chi connectivity index (χ1) is 14.2. The molecule has 0 aromatic carbocycles. The molecule has 0 radical (unpaired) electrons. The molecule has 3 aromatic rings. The van der Waals surface area contributed by atoms with Crippen LogP contribution < -0.4 is 5.32 Å². The summed E-state index contributed by atoms with van der Waals surface area (Å²) in [6, 6.07) is 3.45. The number of nitrogens with one attached hydrogen (secondary N) is 2. The Morgan fingerprint density at radius 3 is 2.83 bits per heavy atom. The fourth-order valence-corrected chi connectivity index (χ4v) is 4.90. The van der Waals surface area contributed by atoms with E-state index in [1.807, 2.05) is 6.07 Å². The lowest BCUT2D eigenvalue weighted by Gasteiger charge is -2.47. The number of aromatic nitrogens is 5. The lowest BCUT2D eigenvalue weighted by Crippen LogP contribution is -2.52. The third-order valence-electron chi connectivity index (χ3n) is 6.29. The summed E-state index contributed by atoms with van der Waals surface area (Å²) in [5.74, 6) is -0.160. The van der Waals surface area contributed by atoms with E-state index >= 15 is 0 Å². The Labute approximate surface area is 166 Å². The summed E-state index contributed by atoms with van der Waals surface area (Å²) in [6.45, 7) is 0. The number of hydrogen-bond acceptors (Lipinski definition) is 7. The van der Waals surface area contributed by atoms with Crippen LogP contribution in [0.2, 0.25) is 0 Å². The standard InChI is InChI=1S/C20H21FN6O2/c1-29-20(28)14-10-4-6-11(7-5-10)15(14)24-18-13(21)9-23-19(25-18)16-12-3-2-8-22-17(12)27-26-16/h2-3,8-11,14-15H,4-7H2,1H3,(H,22,26,27)(H,23,24,25)/t10?,11?,14-,15-/m0/s1. The maximum Gasteiger partial charge on any atom is 0.311 e. The predicted molar refractivity (Wildman–Crippen MR) is 103 cm³/mol. The van der Waals surface area contributed by atoms with Gasteiger partial charge in [0.25, 0.3) is 0 Å². The molecule has 3 aliphatic rings. The van der Waals surface area contributed by atoms with Crippen LogP contribution in [0.15, 0.2) is 24.5 Å². The van der Waals surface area contributed by atoms with E-state index < -0.39 is 5.82 Å². The highest BCUT2D eigenvalue weighted by Gasteiger charge is 2.48. The van der Waals surface area contributed by atoms with Crippen LogP contribution in [0.1, 0.15) is 25.7 Å². The molecule has 0 spiro atoms. The molecule has 2 N–H and O–H groups in total. The molecule has 3 saturated carbocycles. The quantitative estimate of drug-likeness (QED) is 0.653. The molecule has 0 amide bonds. The molecule has 8 nitrogen and oxygen atoms in total. The van der Waals surface area contributed by atoms with Gasteiger partial charge in [-0.25, -0.2) is 19.3 Å². The van der Waals surface area contributed by atoms with Crippen molar-refractivity contribution in [2.75, 3.05) is 12.4 Å². The summed E-state index contributed by atoms with van der Waals surface area (Å²) in [5, 5.41) is 11.1. The third-order valence-corrected chi connectivity index (χ3v) is 6.29. The molecule has 3 heterocycles. The van der Waals surface area contributed by atoms with Crippen LogP contribution in [0.3, 0.4) is 0 Å². The maximum absolute atomic E-state index is 14.6. The lowest BCUT2D eigenvalue weighted by molar-refractivity contribution is -0.152. The molecule has 150 valence electrons. The fourth-order valence-electron chi connectivity index (χ4n) is 4.90. The molecule has 2 atom stereocenters. The Kier molecular flexibility index (Phi) is 4.37. The van der Waals surface area contributed by atoms with Crippen molar-refractivity contribution in [3.63, 3.8) is 0 Å². The van der Waals surface area contributed by atoms with Gasteiger partial charge in [-0.3, -0.25) is 9.89 Å². The van der Waals surface area contributed by atoms with Crippen molar-refractivity contribution >= 4 is 22.8 Å². The number of pyridine rings is 1. The van der Waals surface area contributed by atoms with Crippen molar-refractivity contribution in [1.29, 1.82) is 0 Å². The number of hydrogen-bond donors (Lipinski definition) is 2. The number of H-pyrrole nitrogens is 1. The predicted octanol–water partition coefficient (Wildman–Crippen LogP) is 2.94. The number of fused-ring (bicyclic) bond motifs is 4. The normalized spacial score (nSPS) is 25.9. The summed E-state index contributed by atoms with van der Waals surface area (Å²) >= 11 is 0. The molecular weight excluding hydrogens is 375 g/mol. The van der Waals surface area contributed by atoms with Crippen LogP contribution >= 0.6 is 0 Å². The number of anilines is 1. The van der Waals surface area contributed by atoms with E-state index in [4.69, 9.17) is 4.74 Å². The minimum Gasteiger partial charge on any atom is -0.469 e. The first kappa shape index (κ1) is 18.0. The average molecular weight is 396 g/mol. The second-order valence-corrected chi connectivity index (χ2v) is 7.76. The smallest absolute Gasteiger partial charge is 0.311 e. The van der Waals surface area contributed by atoms with Gasteiger partial charge in [-0.05, 0) is 49.7 Å². The average Bonchev–Trinajstić information content (AvgIpc) is 3.20. The van der Waals surface area contributed by atoms with Crippen LogP contribution in [0.25, 0.3) is 22.6 Å². The molecule has 0 saturated heterocycles. The van der Waals surface area contributed by atoms with Gasteiger partial charge in [-0.15, -0.1) is 0 Å². The van der Waals surface area contributed by atoms with Gasteiger partial charge in [0.1, 0.15) is 5.69 Å². The SMILES string of the molecule is COC(=O)[C@H]1C2CCC(CC2)[C@@H]1Nc1nc(-c2n[nH]c3ncccc23)ncc1F. The summed E-state index contributed by atoms with van der Waals surface area (Å²) in [7, 11) is 1.40. The van der Waals surface area contributed by atoms with Gasteiger partial charge >= 0.3 is 5.97 Å². The Balaban J connectivity index is 1.50. The molecule has 0 unspecified atom stereocenters. The number of ether oxygens (including phenoxy) is 1. The topological polar surface area (TPSA) is 106 Å². The van der Waals surface area contributed by atoms with Crippen LogP contribution in [-0.4, -0.2) is 44.3 Å². The minimum absolute atomic E-state index is 0.0847. The van der Waals surface area contributed by atoms with Gasteiger partial charge in [0, 0.05) is 12.2 Å². The molecule has 2 bridgehead atoms. The number of esters is 1. The van der Waals surface area contributed by atoms with Crippen molar-refractivity contribution < 1.29 is 13.9 Å². The molecule has 3 aliphatic carbocycles. The Morgan fingerprint density at radius 2 is 2.03 bits per heavy atom. The van der Waals surface area contributed by atoms with Crippen molar-refractivity contribution in [3.8, 4) is 11.5 Å². The number of methoxy groups -OCH3 is 1. The molecular formula is C20H21FN6O2. The molecule has 3 fully saturated rings. The van der Waals surface area contributed by atoms with Crippen LogP contribution in [0.4, 0.5) is 10.2 Å². The first-order valence-electron chi connectivity index (χ1n) is 9.82. The van der Waals surface area contributed by atoms with E-state index in [2.05, 4.69) is 30.5 Å². The van der Waals surface area contributed by atoms with E-state index in [-0.39, 0.29) is 35.6 Å². The minimum atomic E-state index is -0.559. The highest BCUT2D eigenvalue weighted by atomic mass is 19.1. The number of rotatable bonds is 4. The van der Waals surface area contributed by atoms with Crippen molar-refractivity contribution in [2.45, 2.75) is 31.7 Å². The van der Waals surface area contributed by atoms with E-state index in [0.717, 1.165) is 37.3 Å². The van der Waals surface area contributed by atoms with Gasteiger partial charge in [0.05, 0.1) is 24.6 Å². The van der Waals surface area contributed by atoms with Crippen LogP contribution in [0.5, 0.6) is 0 Å². The van der Waals surface area contributed by atoms with Crippen LogP contribution in [0, 0.1) is 23.6 Å². The number of carbonyl (C=O) groups excluding carboxylic acids is 1. The van der Waals surface area contributed by atoms with Gasteiger partial charge in [0.2, 0.25) is 0 Å². The number of nitrogens with zero attached hydrogens (tertiary/aromatic N) is 4. The molecule has 0 aliphatic heterocycles. The maximum atomic E-state index is 14.6. The fraction of sp³-hybridized carbons (Fsp3) is 0.450. The van der Waals surface area contributed by atoms with E-state index in [1.165, 1.54) is 7.11 Å². The summed E-state index contributed by atoms with van der Waals surface area (Å²) < 4.78 is 19.6. The molecule has 3 aromatic heterocycles. The number of aromatic amines is 1. The number of carbonyl (C=O) groups is 1. The second-order valence-electron chi connectivity index (χ2n) is 7.76. The molecule has 29 heavy (non-hydrogen) atoms. The lowest BCUT2D eigenvalue weighted by atomic mass is 9.61. The van der Waals surface area contributed by atoms with Gasteiger partial charge in [0.15, 0.2) is 23.1 Å². The zero-order valence-electron chi connectivity index (χ0n) is 15.9. The third kappa shape index (κ3) is 3.01. The first-order valence-corrected chi connectivity index (χ1v) is 9.82. The van der Waals surface area contributed by atoms with E-state index in [9.17, 15) is 9.18 Å². The van der Waals surface area contributed by atoms with Gasteiger partial charge < -0.3 is 10.1 Å². The molecule has 9 heteroatoms. The number of halogens is 1. The summed E-state index contributed by atoms with van der Waals surface area (Å²) in [5.41, 5.74) is 1.12.